The van der Waals surface area contributed by atoms with Crippen LogP contribution in [0.3, 0.4) is 0 Å². The van der Waals surface area contributed by atoms with Crippen molar-refractivity contribution in [3.8, 4) is 0 Å². The number of hydrogen-bond donors (Lipinski definition) is 4. The van der Waals surface area contributed by atoms with Crippen LogP contribution in [0.4, 0.5) is 0 Å². The van der Waals surface area contributed by atoms with Gasteiger partial charge in [0.2, 0.25) is 13.0 Å². The summed E-state index contributed by atoms with van der Waals surface area (Å²) in [5, 5.41) is 15.9. The molecule has 0 spiro atoms. The molecule has 4 N–H and O–H groups in total. The van der Waals surface area contributed by atoms with E-state index in [-0.39, 0.29) is 11.1 Å². The van der Waals surface area contributed by atoms with Crippen LogP contribution in [-0.4, -0.2) is 55.2 Å². The molecule has 0 amide bonds. The highest BCUT2D eigenvalue weighted by Crippen LogP contribution is 2.77. The van der Waals surface area contributed by atoms with Crippen LogP contribution in [-0.2, 0) is 9.13 Å². The summed E-state index contributed by atoms with van der Waals surface area (Å²) in [4.78, 5) is 10.3. The van der Waals surface area contributed by atoms with Crippen molar-refractivity contribution in [3.63, 3.8) is 0 Å². The lowest BCUT2D eigenvalue weighted by atomic mass is 9.53. The van der Waals surface area contributed by atoms with Crippen molar-refractivity contribution >= 4 is 80.7 Å². The van der Waals surface area contributed by atoms with Crippen molar-refractivity contribution < 1.29 is 9.13 Å². The van der Waals surface area contributed by atoms with Gasteiger partial charge in [-0.25, -0.2) is 9.98 Å². The SMILES string of the molecule is CC(CCl)=NNC1=NC(C)(CCC2(C)N=C(NN=C(C)CCl)SP2(=O)NC23CC4CC(CC(C4)C2)C3)P(=O)(NC23CC4CC(CC(C4)C2)C3)S1. The van der Waals surface area contributed by atoms with Crippen molar-refractivity contribution in [1.82, 2.24) is 21.0 Å². The lowest BCUT2D eigenvalue weighted by Crippen LogP contribution is -2.58. The molecule has 2 heterocycles. The third-order valence-electron chi connectivity index (χ3n) is 13.4. The van der Waals surface area contributed by atoms with Gasteiger partial charge in [0.25, 0.3) is 0 Å². The van der Waals surface area contributed by atoms with Crippen LogP contribution < -0.4 is 21.0 Å². The van der Waals surface area contributed by atoms with E-state index in [1.165, 1.54) is 61.3 Å². The van der Waals surface area contributed by atoms with Crippen LogP contribution in [0.15, 0.2) is 20.2 Å². The molecule has 10 rings (SSSR count). The third-order valence-corrected chi connectivity index (χ3v) is 25.6. The standard InChI is InChI=1S/C34H54Cl2N8O2P2S2/c1-21(19-35)39-41-29-37-31(3,47(45,49-29)43-33-13-23-7-24(14-33)9-25(8-23)15-33)5-6-32(4)38-30(42-40-22(2)20-36)50-48(32,46)44-34-16-26-10-27(17-34)12-28(11-26)18-34/h23-28H,5-20H2,1-4H3,(H,37,41)(H,38,42)(H,43,45)(H,44,46). The van der Waals surface area contributed by atoms with Crippen LogP contribution in [0, 0.1) is 35.5 Å². The van der Waals surface area contributed by atoms with Gasteiger partial charge in [-0.1, -0.05) is 0 Å². The number of nitrogens with one attached hydrogen (secondary N) is 4. The van der Waals surface area contributed by atoms with Crippen LogP contribution >= 0.6 is 59.0 Å². The van der Waals surface area contributed by atoms with E-state index < -0.39 is 23.5 Å². The molecule has 50 heavy (non-hydrogen) atoms. The maximum absolute atomic E-state index is 15.6. The second-order valence-electron chi connectivity index (χ2n) is 17.9. The Morgan fingerprint density at radius 3 is 1.24 bits per heavy atom. The maximum atomic E-state index is 15.6. The minimum Gasteiger partial charge on any atom is -0.292 e. The highest BCUT2D eigenvalue weighted by atomic mass is 35.5. The fourth-order valence-electron chi connectivity index (χ4n) is 11.8. The zero-order chi connectivity index (χ0) is 35.2. The Hall–Kier alpha value is -0.0600. The Labute approximate surface area is 315 Å². The molecular weight excluding hydrogens is 749 g/mol. The predicted octanol–water partition coefficient (Wildman–Crippen LogP) is 9.32. The van der Waals surface area contributed by atoms with Crippen molar-refractivity contribution in [1.29, 1.82) is 0 Å². The van der Waals surface area contributed by atoms with E-state index in [9.17, 15) is 0 Å². The molecular formula is C34H54Cl2N8O2P2S2. The minimum absolute atomic E-state index is 0.116. The van der Waals surface area contributed by atoms with Crippen molar-refractivity contribution in [2.45, 2.75) is 139 Å². The molecule has 8 aliphatic carbocycles. The number of hydrazone groups is 2. The van der Waals surface area contributed by atoms with E-state index in [1.807, 2.05) is 27.7 Å². The molecule has 4 unspecified atom stereocenters. The topological polar surface area (TPSA) is 132 Å². The zero-order valence-electron chi connectivity index (χ0n) is 29.9. The van der Waals surface area contributed by atoms with Gasteiger partial charge in [-0.15, -0.1) is 23.2 Å². The summed E-state index contributed by atoms with van der Waals surface area (Å²) in [6, 6.07) is 0. The Morgan fingerprint density at radius 2 is 0.960 bits per heavy atom. The van der Waals surface area contributed by atoms with Gasteiger partial charge in [0.1, 0.15) is 10.6 Å². The van der Waals surface area contributed by atoms with Gasteiger partial charge in [-0.2, -0.15) is 10.2 Å². The summed E-state index contributed by atoms with van der Waals surface area (Å²) in [6.07, 6.45) is 15.4. The van der Waals surface area contributed by atoms with Gasteiger partial charge in [0, 0.05) is 22.5 Å². The fraction of sp³-hybridized carbons (Fsp3) is 0.882. The lowest BCUT2D eigenvalue weighted by Gasteiger charge is -2.58. The Kier molecular flexibility index (Phi) is 9.82. The first-order valence-corrected chi connectivity index (χ1v) is 26.1. The van der Waals surface area contributed by atoms with Crippen LogP contribution in [0.1, 0.15) is 118 Å². The van der Waals surface area contributed by atoms with Gasteiger partial charge in [-0.05, 0) is 176 Å². The molecule has 16 heteroatoms. The zero-order valence-corrected chi connectivity index (χ0v) is 34.8. The molecule has 0 aromatic heterocycles. The van der Waals surface area contributed by atoms with E-state index in [4.69, 9.17) is 33.2 Å². The summed E-state index contributed by atoms with van der Waals surface area (Å²) < 4.78 is 31.1. The van der Waals surface area contributed by atoms with E-state index >= 15 is 9.13 Å². The van der Waals surface area contributed by atoms with Gasteiger partial charge in [-0.3, -0.25) is 30.2 Å². The van der Waals surface area contributed by atoms with E-state index in [0.29, 0.717) is 34.9 Å². The van der Waals surface area contributed by atoms with E-state index in [1.54, 1.807) is 0 Å². The average molecular weight is 804 g/mol. The van der Waals surface area contributed by atoms with Gasteiger partial charge in [0.15, 0.2) is 10.3 Å². The third kappa shape index (κ3) is 6.77. The number of rotatable bonds is 11. The van der Waals surface area contributed by atoms with Crippen LogP contribution in [0.5, 0.6) is 0 Å². The fourth-order valence-corrected chi connectivity index (χ4v) is 22.6. The number of halogens is 2. The highest BCUT2D eigenvalue weighted by molar-refractivity contribution is 8.66. The maximum Gasteiger partial charge on any atom is 0.235 e. The number of aliphatic imine (C=N–C) groups is 2. The first-order valence-electron chi connectivity index (χ1n) is 18.7. The molecule has 8 saturated carbocycles. The Bertz CT molecular complexity index is 1440. The largest absolute Gasteiger partial charge is 0.292 e. The molecule has 0 radical (unpaired) electrons. The normalized spacial score (nSPS) is 49.1. The quantitative estimate of drug-likeness (QED) is 0.0704. The van der Waals surface area contributed by atoms with Crippen molar-refractivity contribution in [2.75, 3.05) is 11.8 Å². The first-order chi connectivity index (χ1) is 23.7. The summed E-state index contributed by atoms with van der Waals surface area (Å²) >= 11 is 14.7. The monoisotopic (exact) mass is 802 g/mol. The van der Waals surface area contributed by atoms with E-state index in [0.717, 1.165) is 85.5 Å². The number of alkyl halides is 2. The molecule has 0 aromatic carbocycles. The van der Waals surface area contributed by atoms with Gasteiger partial charge in [0.05, 0.1) is 11.8 Å². The predicted molar refractivity (Wildman–Crippen MR) is 213 cm³/mol. The second kappa shape index (κ2) is 13.3. The number of hydrogen-bond acceptors (Lipinski definition) is 10. The molecule has 2 aliphatic heterocycles. The Balaban J connectivity index is 1.09. The highest BCUT2D eigenvalue weighted by Gasteiger charge is 2.62. The summed E-state index contributed by atoms with van der Waals surface area (Å²) in [6.45, 7) is 1.36. The molecule has 8 bridgehead atoms. The molecule has 10 nitrogen and oxygen atoms in total. The van der Waals surface area contributed by atoms with E-state index in [2.05, 4.69) is 31.2 Å². The van der Waals surface area contributed by atoms with Gasteiger partial charge >= 0.3 is 0 Å². The average Bonchev–Trinajstić information content (AvgIpc) is 3.42. The molecule has 4 atom stereocenters. The summed E-state index contributed by atoms with van der Waals surface area (Å²) in [7, 11) is 0. The van der Waals surface area contributed by atoms with Crippen LogP contribution in [0.2, 0.25) is 0 Å². The van der Waals surface area contributed by atoms with Gasteiger partial charge < -0.3 is 0 Å². The lowest BCUT2D eigenvalue weighted by molar-refractivity contribution is -0.00881. The number of amidine groups is 2. The smallest absolute Gasteiger partial charge is 0.235 e. The summed E-state index contributed by atoms with van der Waals surface area (Å²) in [5.74, 6) is 4.91. The molecule has 0 saturated heterocycles. The number of nitrogens with zero attached hydrogens (tertiary/aromatic N) is 4. The minimum atomic E-state index is -3.21. The second-order valence-corrected chi connectivity index (χ2v) is 28.3. The molecule has 8 fully saturated rings. The van der Waals surface area contributed by atoms with Crippen molar-refractivity contribution in [3.05, 3.63) is 0 Å². The Morgan fingerprint density at radius 1 is 0.660 bits per heavy atom. The molecule has 0 aromatic rings. The summed E-state index contributed by atoms with van der Waals surface area (Å²) in [5.41, 5.74) is 7.44. The van der Waals surface area contributed by atoms with Crippen LogP contribution in [0.25, 0.3) is 0 Å². The van der Waals surface area contributed by atoms with Crippen molar-refractivity contribution in [2.24, 2.45) is 55.7 Å². The first kappa shape index (κ1) is 36.9. The molecule has 278 valence electrons. The molecule has 10 aliphatic rings.